The van der Waals surface area contributed by atoms with Crippen LogP contribution in [0.3, 0.4) is 0 Å². The molecular weight excluding hydrogens is 352 g/mol. The molecule has 0 aliphatic rings. The molecule has 0 aromatic carbocycles. The van der Waals surface area contributed by atoms with E-state index < -0.39 is 36.9 Å². The van der Waals surface area contributed by atoms with Crippen molar-refractivity contribution in [2.24, 2.45) is 0 Å². The molecule has 0 saturated heterocycles. The van der Waals surface area contributed by atoms with E-state index >= 15 is 0 Å². The first-order valence-corrected chi connectivity index (χ1v) is 16.2. The second kappa shape index (κ2) is 7.66. The van der Waals surface area contributed by atoms with Crippen LogP contribution >= 0.6 is 0 Å². The van der Waals surface area contributed by atoms with Crippen LogP contribution in [0, 0.1) is 0 Å². The predicted molar refractivity (Wildman–Crippen MR) is 87.7 cm³/mol. The number of hydrogen-bond donors (Lipinski definition) is 2. The summed E-state index contributed by atoms with van der Waals surface area (Å²) in [5, 5.41) is 0. The molecule has 0 aromatic rings. The van der Waals surface area contributed by atoms with E-state index in [1.807, 2.05) is 26.2 Å². The van der Waals surface area contributed by atoms with E-state index in [-0.39, 0.29) is 11.5 Å². The maximum Gasteiger partial charge on any atom is 0.264 e. The first kappa shape index (κ1) is 21.2. The maximum absolute atomic E-state index is 10.7. The van der Waals surface area contributed by atoms with Crippen LogP contribution in [0.25, 0.3) is 0 Å². The third kappa shape index (κ3) is 13.6. The minimum atomic E-state index is -3.94. The van der Waals surface area contributed by atoms with Gasteiger partial charge in [-0.3, -0.25) is 9.11 Å². The third-order valence-corrected chi connectivity index (χ3v) is 12.1. The molecule has 0 heterocycles. The summed E-state index contributed by atoms with van der Waals surface area (Å²) in [4.78, 5) is 0. The van der Waals surface area contributed by atoms with Crippen LogP contribution in [0.2, 0.25) is 38.3 Å². The Morgan fingerprint density at radius 1 is 0.762 bits per heavy atom. The fraction of sp³-hybridized carbons (Fsp3) is 1.00. The topological polar surface area (TPSA) is 118 Å². The molecule has 0 spiro atoms. The van der Waals surface area contributed by atoms with Crippen molar-refractivity contribution in [3.63, 3.8) is 0 Å². The summed E-state index contributed by atoms with van der Waals surface area (Å²) in [6, 6.07) is 1.23. The summed E-state index contributed by atoms with van der Waals surface area (Å²) in [6.07, 6.45) is 0.709. The highest BCUT2D eigenvalue weighted by molar-refractivity contribution is 7.86. The Labute approximate surface area is 129 Å². The van der Waals surface area contributed by atoms with Crippen LogP contribution in [-0.2, 0) is 24.4 Å². The molecule has 128 valence electrons. The fourth-order valence-electron chi connectivity index (χ4n) is 2.21. The first-order valence-electron chi connectivity index (χ1n) is 6.72. The van der Waals surface area contributed by atoms with Gasteiger partial charge in [-0.2, -0.15) is 16.8 Å². The van der Waals surface area contributed by atoms with Crippen molar-refractivity contribution in [2.45, 2.75) is 51.1 Å². The summed E-state index contributed by atoms with van der Waals surface area (Å²) < 4.78 is 66.4. The molecule has 11 heteroatoms. The van der Waals surface area contributed by atoms with Gasteiger partial charge < -0.3 is 4.12 Å². The molecule has 0 saturated carbocycles. The van der Waals surface area contributed by atoms with Crippen molar-refractivity contribution >= 4 is 36.9 Å². The van der Waals surface area contributed by atoms with Gasteiger partial charge in [-0.25, -0.2) is 0 Å². The van der Waals surface area contributed by atoms with Gasteiger partial charge in [0, 0.05) is 0 Å². The van der Waals surface area contributed by atoms with Crippen LogP contribution in [0.4, 0.5) is 0 Å². The van der Waals surface area contributed by atoms with Crippen molar-refractivity contribution in [3.05, 3.63) is 0 Å². The molecule has 0 amide bonds. The molecule has 0 rings (SSSR count). The third-order valence-electron chi connectivity index (χ3n) is 2.91. The van der Waals surface area contributed by atoms with Crippen molar-refractivity contribution < 1.29 is 30.1 Å². The summed E-state index contributed by atoms with van der Waals surface area (Å²) in [5.74, 6) is -0.533. The fourth-order valence-corrected chi connectivity index (χ4v) is 12.6. The van der Waals surface area contributed by atoms with E-state index in [0.29, 0.717) is 24.9 Å². The molecule has 0 aromatic heterocycles. The van der Waals surface area contributed by atoms with E-state index in [9.17, 15) is 16.8 Å². The first-order chi connectivity index (χ1) is 9.12. The quantitative estimate of drug-likeness (QED) is 0.440. The maximum atomic E-state index is 10.7. The zero-order chi connectivity index (χ0) is 16.9. The lowest BCUT2D eigenvalue weighted by atomic mass is 10.6. The van der Waals surface area contributed by atoms with Crippen molar-refractivity contribution in [3.8, 4) is 0 Å². The molecule has 21 heavy (non-hydrogen) atoms. The smallest absolute Gasteiger partial charge is 0.264 e. The molecule has 0 unspecified atom stereocenters. The largest absolute Gasteiger partial charge is 0.455 e. The van der Waals surface area contributed by atoms with E-state index in [4.69, 9.17) is 13.2 Å². The van der Waals surface area contributed by atoms with Crippen molar-refractivity contribution in [1.29, 1.82) is 0 Å². The summed E-state index contributed by atoms with van der Waals surface area (Å²) >= 11 is 0. The van der Waals surface area contributed by atoms with Gasteiger partial charge in [-0.05, 0) is 51.1 Å². The Morgan fingerprint density at radius 2 is 1.05 bits per heavy atom. The Kier molecular flexibility index (Phi) is 7.74. The molecule has 0 radical (unpaired) electrons. The van der Waals surface area contributed by atoms with Crippen LogP contribution in [0.5, 0.6) is 0 Å². The van der Waals surface area contributed by atoms with E-state index in [2.05, 4.69) is 0 Å². The summed E-state index contributed by atoms with van der Waals surface area (Å²) in [5.41, 5.74) is 0. The number of hydrogen-bond acceptors (Lipinski definition) is 5. The van der Waals surface area contributed by atoms with Gasteiger partial charge >= 0.3 is 0 Å². The van der Waals surface area contributed by atoms with Gasteiger partial charge in [-0.1, -0.05) is 0 Å². The van der Waals surface area contributed by atoms with E-state index in [0.717, 1.165) is 0 Å². The van der Waals surface area contributed by atoms with Crippen LogP contribution in [0.15, 0.2) is 0 Å². The highest BCUT2D eigenvalue weighted by atomic mass is 32.2. The molecule has 0 aliphatic heterocycles. The average molecular weight is 379 g/mol. The molecule has 0 aliphatic carbocycles. The van der Waals surface area contributed by atoms with Gasteiger partial charge in [0.2, 0.25) is 0 Å². The van der Waals surface area contributed by atoms with Crippen LogP contribution in [-0.4, -0.2) is 54.1 Å². The van der Waals surface area contributed by atoms with Crippen molar-refractivity contribution in [1.82, 2.24) is 0 Å². The van der Waals surface area contributed by atoms with Gasteiger partial charge in [0.05, 0.1) is 11.5 Å². The van der Waals surface area contributed by atoms with Gasteiger partial charge in [0.15, 0.2) is 16.6 Å². The highest BCUT2D eigenvalue weighted by Gasteiger charge is 2.32. The normalized spacial score (nSPS) is 14.4. The molecule has 0 atom stereocenters. The van der Waals surface area contributed by atoms with Gasteiger partial charge in [0.1, 0.15) is 0 Å². The Morgan fingerprint density at radius 3 is 1.29 bits per heavy atom. The lowest BCUT2D eigenvalue weighted by molar-refractivity contribution is 0.480. The summed E-state index contributed by atoms with van der Waals surface area (Å²) in [7, 11) is -12.0. The van der Waals surface area contributed by atoms with Crippen LogP contribution in [0.1, 0.15) is 12.8 Å². The minimum Gasteiger partial charge on any atom is -0.455 e. The molecule has 0 bridgehead atoms. The molecule has 0 fully saturated rings. The lowest BCUT2D eigenvalue weighted by Crippen LogP contribution is -2.44. The second-order valence-corrected chi connectivity index (χ2v) is 18.4. The number of rotatable bonds is 10. The molecule has 2 N–H and O–H groups in total. The lowest BCUT2D eigenvalue weighted by Gasteiger charge is -2.34. The Balaban J connectivity index is 4.33. The van der Waals surface area contributed by atoms with E-state index in [1.165, 1.54) is 0 Å². The monoisotopic (exact) mass is 378 g/mol. The Hall–Kier alpha value is 0.214. The predicted octanol–water partition coefficient (Wildman–Crippen LogP) is 1.97. The highest BCUT2D eigenvalue weighted by Crippen LogP contribution is 2.24. The minimum absolute atomic E-state index is 0.266. The second-order valence-electron chi connectivity index (χ2n) is 6.40. The summed E-state index contributed by atoms with van der Waals surface area (Å²) in [6.45, 7) is 7.92. The van der Waals surface area contributed by atoms with Gasteiger partial charge in [-0.15, -0.1) is 0 Å². The standard InChI is InChI=1S/C10H26O7S2Si2/c1-20(2,9-5-7-18(11,12)13)17-21(3,4)10-6-8-19(14,15)16/h5-10H2,1-4H3,(H,11,12,13)(H,14,15,16). The van der Waals surface area contributed by atoms with Crippen LogP contribution < -0.4 is 0 Å². The van der Waals surface area contributed by atoms with E-state index in [1.54, 1.807) is 0 Å². The van der Waals surface area contributed by atoms with Gasteiger partial charge in [0.25, 0.3) is 20.2 Å². The SMILES string of the molecule is C[Si](C)(CCCS(=O)(=O)O)O[Si](C)(C)CCCS(=O)(=O)O. The Bertz CT molecular complexity index is 478. The molecular formula is C10H26O7S2Si2. The molecule has 7 nitrogen and oxygen atoms in total. The average Bonchev–Trinajstić information content (AvgIpc) is 2.09. The zero-order valence-electron chi connectivity index (χ0n) is 13.0. The zero-order valence-corrected chi connectivity index (χ0v) is 16.6. The van der Waals surface area contributed by atoms with Crippen molar-refractivity contribution in [2.75, 3.05) is 11.5 Å².